The van der Waals surface area contributed by atoms with Crippen LogP contribution >= 0.6 is 0 Å². The Morgan fingerprint density at radius 1 is 1.47 bits per heavy atom. The molecule has 1 aliphatic carbocycles. The number of amides is 2. The summed E-state index contributed by atoms with van der Waals surface area (Å²) in [4.78, 5) is 37.0. The summed E-state index contributed by atoms with van der Waals surface area (Å²) >= 11 is 0. The lowest BCUT2D eigenvalue weighted by molar-refractivity contribution is -0.147. The number of hydrogen-bond acceptors (Lipinski definition) is 4. The third-order valence-corrected chi connectivity index (χ3v) is 3.52. The van der Waals surface area contributed by atoms with Gasteiger partial charge in [0.2, 0.25) is 11.8 Å². The summed E-state index contributed by atoms with van der Waals surface area (Å²) in [7, 11) is 0. The minimum absolute atomic E-state index is 0.0476. The van der Waals surface area contributed by atoms with Crippen LogP contribution in [0.1, 0.15) is 33.1 Å². The second-order valence-corrected chi connectivity index (χ2v) is 5.16. The molecule has 1 heterocycles. The van der Waals surface area contributed by atoms with Gasteiger partial charge in [-0.25, -0.2) is 4.79 Å². The highest BCUT2D eigenvalue weighted by Crippen LogP contribution is 2.32. The molecule has 19 heavy (non-hydrogen) atoms. The number of likely N-dealkylation sites (tertiary alicyclic amines) is 1. The molecule has 0 aromatic rings. The van der Waals surface area contributed by atoms with E-state index in [-0.39, 0.29) is 30.8 Å². The summed E-state index contributed by atoms with van der Waals surface area (Å²) in [5.74, 6) is -0.979. The number of rotatable bonds is 5. The van der Waals surface area contributed by atoms with Crippen molar-refractivity contribution < 1.29 is 19.1 Å². The molecule has 6 heteroatoms. The van der Waals surface area contributed by atoms with E-state index in [1.165, 1.54) is 0 Å². The molecule has 1 aliphatic heterocycles. The zero-order valence-electron chi connectivity index (χ0n) is 11.3. The van der Waals surface area contributed by atoms with Gasteiger partial charge in [0, 0.05) is 19.0 Å². The summed E-state index contributed by atoms with van der Waals surface area (Å²) in [6.07, 6.45) is 2.33. The lowest BCUT2D eigenvalue weighted by Gasteiger charge is -2.17. The van der Waals surface area contributed by atoms with E-state index >= 15 is 0 Å². The predicted molar refractivity (Wildman–Crippen MR) is 67.1 cm³/mol. The number of nitrogens with zero attached hydrogens (tertiary/aromatic N) is 1. The van der Waals surface area contributed by atoms with E-state index in [9.17, 15) is 14.4 Å². The zero-order valence-corrected chi connectivity index (χ0v) is 11.3. The molecule has 106 valence electrons. The van der Waals surface area contributed by atoms with E-state index in [1.807, 2.05) is 0 Å². The molecule has 2 fully saturated rings. The molecule has 2 atom stereocenters. The molecule has 0 radical (unpaired) electrons. The number of nitrogens with one attached hydrogen (secondary N) is 1. The van der Waals surface area contributed by atoms with Gasteiger partial charge in [0.15, 0.2) is 0 Å². The molecule has 0 aromatic heterocycles. The highest BCUT2D eigenvalue weighted by Gasteiger charge is 2.42. The van der Waals surface area contributed by atoms with Gasteiger partial charge in [-0.2, -0.15) is 0 Å². The predicted octanol–water partition coefficient (Wildman–Crippen LogP) is 0.0651. The normalized spacial score (nSPS) is 24.2. The maximum atomic E-state index is 12.0. The van der Waals surface area contributed by atoms with E-state index in [2.05, 4.69) is 5.32 Å². The van der Waals surface area contributed by atoms with Crippen LogP contribution in [0.25, 0.3) is 0 Å². The van der Waals surface area contributed by atoms with Crippen LogP contribution in [-0.4, -0.2) is 47.9 Å². The van der Waals surface area contributed by atoms with Crippen molar-refractivity contribution in [1.82, 2.24) is 10.2 Å². The molecule has 0 bridgehead atoms. The minimum Gasteiger partial charge on any atom is -0.464 e. The third kappa shape index (κ3) is 3.24. The first-order valence-corrected chi connectivity index (χ1v) is 6.79. The van der Waals surface area contributed by atoms with Gasteiger partial charge in [0.1, 0.15) is 6.04 Å². The Hall–Kier alpha value is -1.59. The summed E-state index contributed by atoms with van der Waals surface area (Å²) in [5, 5.41) is 2.61. The number of carbonyl (C=O) groups is 3. The molecule has 2 amide bonds. The first-order chi connectivity index (χ1) is 9.02. The standard InChI is InChI=1S/C13H20N2O4/c1-3-19-13(18)8(2)14-12(17)9-6-11(16)15(7-9)10-4-5-10/h8-10H,3-7H2,1-2H3,(H,14,17). The molecular formula is C13H20N2O4. The summed E-state index contributed by atoms with van der Waals surface area (Å²) in [6.45, 7) is 4.07. The topological polar surface area (TPSA) is 75.7 Å². The molecule has 0 aromatic carbocycles. The minimum atomic E-state index is -0.669. The molecule has 1 saturated heterocycles. The van der Waals surface area contributed by atoms with Gasteiger partial charge in [-0.1, -0.05) is 0 Å². The van der Waals surface area contributed by atoms with Crippen molar-refractivity contribution in [2.75, 3.05) is 13.2 Å². The van der Waals surface area contributed by atoms with E-state index in [0.717, 1.165) is 12.8 Å². The molecule has 0 spiro atoms. The van der Waals surface area contributed by atoms with Crippen molar-refractivity contribution in [3.63, 3.8) is 0 Å². The number of hydrogen-bond donors (Lipinski definition) is 1. The van der Waals surface area contributed by atoms with Gasteiger partial charge < -0.3 is 15.0 Å². The van der Waals surface area contributed by atoms with Gasteiger partial charge in [-0.15, -0.1) is 0 Å². The molecular weight excluding hydrogens is 248 g/mol. The molecule has 1 saturated carbocycles. The molecule has 6 nitrogen and oxygen atoms in total. The van der Waals surface area contributed by atoms with Crippen LogP contribution in [0, 0.1) is 5.92 Å². The zero-order chi connectivity index (χ0) is 14.0. The van der Waals surface area contributed by atoms with Crippen LogP contribution in [-0.2, 0) is 19.1 Å². The summed E-state index contributed by atoms with van der Waals surface area (Å²) in [6, 6.07) is -0.328. The fourth-order valence-corrected chi connectivity index (χ4v) is 2.30. The van der Waals surface area contributed by atoms with Crippen molar-refractivity contribution in [3.05, 3.63) is 0 Å². The van der Waals surface area contributed by atoms with Gasteiger partial charge in [-0.3, -0.25) is 9.59 Å². The lowest BCUT2D eigenvalue weighted by atomic mass is 10.1. The highest BCUT2D eigenvalue weighted by atomic mass is 16.5. The number of ether oxygens (including phenoxy) is 1. The molecule has 2 aliphatic rings. The number of carbonyl (C=O) groups excluding carboxylic acids is 3. The van der Waals surface area contributed by atoms with Gasteiger partial charge in [0.25, 0.3) is 0 Å². The van der Waals surface area contributed by atoms with Gasteiger partial charge in [0.05, 0.1) is 12.5 Å². The second-order valence-electron chi connectivity index (χ2n) is 5.16. The maximum absolute atomic E-state index is 12.0. The molecule has 1 N–H and O–H groups in total. The Bertz CT molecular complexity index is 392. The second kappa shape index (κ2) is 5.59. The van der Waals surface area contributed by atoms with E-state index in [4.69, 9.17) is 4.74 Å². The summed E-state index contributed by atoms with van der Waals surface area (Å²) < 4.78 is 4.83. The van der Waals surface area contributed by atoms with E-state index in [0.29, 0.717) is 12.6 Å². The maximum Gasteiger partial charge on any atom is 0.328 e. The van der Waals surface area contributed by atoms with Crippen LogP contribution in [0.5, 0.6) is 0 Å². The average Bonchev–Trinajstić information content (AvgIpc) is 3.12. The van der Waals surface area contributed by atoms with Crippen molar-refractivity contribution in [2.45, 2.75) is 45.2 Å². The SMILES string of the molecule is CCOC(=O)C(C)NC(=O)C1CC(=O)N(C2CC2)C1. The van der Waals surface area contributed by atoms with Crippen LogP contribution in [0.4, 0.5) is 0 Å². The molecule has 2 rings (SSSR count). The van der Waals surface area contributed by atoms with E-state index < -0.39 is 12.0 Å². The quantitative estimate of drug-likeness (QED) is 0.716. The summed E-state index contributed by atoms with van der Waals surface area (Å²) in [5.41, 5.74) is 0. The van der Waals surface area contributed by atoms with Crippen LogP contribution < -0.4 is 5.32 Å². The smallest absolute Gasteiger partial charge is 0.328 e. The average molecular weight is 268 g/mol. The Balaban J connectivity index is 1.83. The largest absolute Gasteiger partial charge is 0.464 e. The van der Waals surface area contributed by atoms with Crippen LogP contribution in [0.2, 0.25) is 0 Å². The first-order valence-electron chi connectivity index (χ1n) is 6.79. The fraction of sp³-hybridized carbons (Fsp3) is 0.769. The van der Waals surface area contributed by atoms with Crippen molar-refractivity contribution in [2.24, 2.45) is 5.92 Å². The van der Waals surface area contributed by atoms with Crippen molar-refractivity contribution in [3.8, 4) is 0 Å². The van der Waals surface area contributed by atoms with Crippen molar-refractivity contribution in [1.29, 1.82) is 0 Å². The Morgan fingerprint density at radius 2 is 2.16 bits per heavy atom. The number of esters is 1. The monoisotopic (exact) mass is 268 g/mol. The van der Waals surface area contributed by atoms with E-state index in [1.54, 1.807) is 18.7 Å². The molecule has 2 unspecified atom stereocenters. The first kappa shape index (κ1) is 13.8. The van der Waals surface area contributed by atoms with Crippen LogP contribution in [0.3, 0.4) is 0 Å². The van der Waals surface area contributed by atoms with Crippen molar-refractivity contribution >= 4 is 17.8 Å². The van der Waals surface area contributed by atoms with Gasteiger partial charge >= 0.3 is 5.97 Å². The fourth-order valence-electron chi connectivity index (χ4n) is 2.30. The Morgan fingerprint density at radius 3 is 2.74 bits per heavy atom. The Kier molecular flexibility index (Phi) is 4.07. The van der Waals surface area contributed by atoms with Gasteiger partial charge in [-0.05, 0) is 26.7 Å². The highest BCUT2D eigenvalue weighted by molar-refractivity contribution is 5.91. The third-order valence-electron chi connectivity index (χ3n) is 3.52. The lowest BCUT2D eigenvalue weighted by Crippen LogP contribution is -2.43. The van der Waals surface area contributed by atoms with Crippen LogP contribution in [0.15, 0.2) is 0 Å². The Labute approximate surface area is 112 Å².